The molecule has 0 saturated carbocycles. The number of alkyl halides is 6. The Balaban J connectivity index is 1.45. The number of hydrogen-bond donors (Lipinski definition) is 2. The summed E-state index contributed by atoms with van der Waals surface area (Å²) in [6.07, 6.45) is -11.2. The molecule has 3 heterocycles. The van der Waals surface area contributed by atoms with E-state index < -0.39 is 29.6 Å². The molecule has 0 aromatic heterocycles. The largest absolute Gasteiger partial charge is 0.416 e. The first-order valence-electron chi connectivity index (χ1n) is 12.3. The first kappa shape index (κ1) is 23.8. The minimum absolute atomic E-state index is 0.144. The Morgan fingerprint density at radius 2 is 1.15 bits per heavy atom. The zero-order valence-electron chi connectivity index (χ0n) is 20.1. The molecule has 39 heavy (non-hydrogen) atoms. The van der Waals surface area contributed by atoms with E-state index in [9.17, 15) is 26.3 Å². The van der Waals surface area contributed by atoms with Crippen LogP contribution in [0.3, 0.4) is 0 Å². The van der Waals surface area contributed by atoms with Gasteiger partial charge in [0.1, 0.15) is 18.5 Å². The molecule has 7 rings (SSSR count). The van der Waals surface area contributed by atoms with Crippen LogP contribution in [0.1, 0.15) is 46.3 Å². The lowest BCUT2D eigenvalue weighted by molar-refractivity contribution is -0.143. The molecule has 3 atom stereocenters. The Morgan fingerprint density at radius 1 is 0.615 bits per heavy atom. The van der Waals surface area contributed by atoms with Gasteiger partial charge in [-0.1, -0.05) is 54.6 Å². The molecule has 10 heteroatoms. The lowest BCUT2D eigenvalue weighted by Gasteiger charge is -2.60. The van der Waals surface area contributed by atoms with E-state index in [1.165, 1.54) is 0 Å². The number of rotatable bonds is 2. The smallest absolute Gasteiger partial charge is 0.361 e. The van der Waals surface area contributed by atoms with Crippen molar-refractivity contribution < 1.29 is 26.3 Å². The van der Waals surface area contributed by atoms with E-state index in [2.05, 4.69) is 15.5 Å². The van der Waals surface area contributed by atoms with Crippen molar-refractivity contribution in [3.8, 4) is 0 Å². The summed E-state index contributed by atoms with van der Waals surface area (Å²) in [6, 6.07) is 24.6. The van der Waals surface area contributed by atoms with Crippen LogP contribution < -0.4 is 20.4 Å². The van der Waals surface area contributed by atoms with Crippen LogP contribution >= 0.6 is 0 Å². The van der Waals surface area contributed by atoms with Crippen molar-refractivity contribution in [3.05, 3.63) is 119 Å². The van der Waals surface area contributed by atoms with Crippen LogP contribution in [0.15, 0.2) is 91.0 Å². The minimum atomic E-state index is -4.95. The van der Waals surface area contributed by atoms with Gasteiger partial charge in [0.25, 0.3) is 0 Å². The fraction of sp³-hybridized carbons (Fsp3) is 0.172. The van der Waals surface area contributed by atoms with Crippen molar-refractivity contribution in [2.45, 2.75) is 30.8 Å². The van der Waals surface area contributed by atoms with Gasteiger partial charge in [-0.15, -0.1) is 0 Å². The van der Waals surface area contributed by atoms with Crippen molar-refractivity contribution in [3.63, 3.8) is 0 Å². The third-order valence-corrected chi connectivity index (χ3v) is 7.52. The Bertz CT molecular complexity index is 1570. The molecule has 4 bridgehead atoms. The van der Waals surface area contributed by atoms with Crippen molar-refractivity contribution >= 4 is 22.7 Å². The zero-order valence-corrected chi connectivity index (χ0v) is 20.1. The molecule has 0 unspecified atom stereocenters. The molecular weight excluding hydrogens is 518 g/mol. The van der Waals surface area contributed by atoms with Crippen LogP contribution in [0, 0.1) is 0 Å². The van der Waals surface area contributed by atoms with E-state index in [0.29, 0.717) is 0 Å². The molecular formula is C29H20F6N4. The Morgan fingerprint density at radius 3 is 1.79 bits per heavy atom. The fourth-order valence-electron chi connectivity index (χ4n) is 5.96. The maximum atomic E-state index is 13.7. The average Bonchev–Trinajstić information content (AvgIpc) is 2.91. The van der Waals surface area contributed by atoms with Crippen LogP contribution in [0.5, 0.6) is 0 Å². The number of fused-ring (bicyclic) bond motifs is 5. The van der Waals surface area contributed by atoms with E-state index in [1.807, 2.05) is 77.7 Å². The number of para-hydroxylation sites is 3. The topological polar surface area (TPSA) is 30.5 Å². The summed E-state index contributed by atoms with van der Waals surface area (Å²) in [5, 5.41) is 6.69. The van der Waals surface area contributed by atoms with E-state index in [0.717, 1.165) is 45.9 Å². The molecule has 4 aromatic rings. The van der Waals surface area contributed by atoms with Gasteiger partial charge in [-0.25, -0.2) is 0 Å². The molecule has 2 N–H and O–H groups in total. The minimum Gasteiger partial charge on any atom is -0.361 e. The van der Waals surface area contributed by atoms with Gasteiger partial charge in [0.2, 0.25) is 0 Å². The van der Waals surface area contributed by atoms with Gasteiger partial charge in [-0.2, -0.15) is 26.3 Å². The summed E-state index contributed by atoms with van der Waals surface area (Å²) in [5.41, 5.74) is 2.22. The molecule has 4 aromatic carbocycles. The summed E-state index contributed by atoms with van der Waals surface area (Å²) in [4.78, 5) is 4.26. The zero-order chi connectivity index (χ0) is 27.1. The predicted octanol–water partition coefficient (Wildman–Crippen LogP) is 8.30. The third kappa shape index (κ3) is 3.61. The van der Waals surface area contributed by atoms with Gasteiger partial charge in [0.15, 0.2) is 0 Å². The summed E-state index contributed by atoms with van der Waals surface area (Å²) < 4.78 is 82.0. The fourth-order valence-corrected chi connectivity index (χ4v) is 5.96. The summed E-state index contributed by atoms with van der Waals surface area (Å²) in [5.74, 6) is 0. The molecule has 0 aliphatic carbocycles. The number of benzene rings is 4. The maximum Gasteiger partial charge on any atom is 0.416 e. The quantitative estimate of drug-likeness (QED) is 0.252. The number of halogens is 6. The van der Waals surface area contributed by atoms with Crippen LogP contribution in [0.2, 0.25) is 0 Å². The first-order valence-corrected chi connectivity index (χ1v) is 12.3. The van der Waals surface area contributed by atoms with Crippen LogP contribution in [-0.2, 0) is 12.4 Å². The van der Waals surface area contributed by atoms with Crippen LogP contribution in [-0.4, -0.2) is 0 Å². The SMILES string of the molecule is FC(F)(F)c1cc(N[C@@H]2c3ccccc3N3[C@H]4c5ccccc5N[C@H]3c3ccccc3N42)cc(C(F)(F)F)c1. The lowest BCUT2D eigenvalue weighted by atomic mass is 9.88. The predicted molar refractivity (Wildman–Crippen MR) is 136 cm³/mol. The van der Waals surface area contributed by atoms with Crippen molar-refractivity contribution in [1.29, 1.82) is 0 Å². The highest BCUT2D eigenvalue weighted by atomic mass is 19.4. The highest BCUT2D eigenvalue weighted by Crippen LogP contribution is 2.58. The van der Waals surface area contributed by atoms with E-state index in [1.54, 1.807) is 0 Å². The number of anilines is 4. The highest BCUT2D eigenvalue weighted by molar-refractivity contribution is 5.80. The molecule has 0 spiro atoms. The third-order valence-electron chi connectivity index (χ3n) is 7.52. The highest BCUT2D eigenvalue weighted by Gasteiger charge is 2.51. The molecule has 4 nitrogen and oxygen atoms in total. The molecule has 0 radical (unpaired) electrons. The monoisotopic (exact) mass is 538 g/mol. The summed E-state index contributed by atoms with van der Waals surface area (Å²) >= 11 is 0. The number of nitrogens with zero attached hydrogens (tertiary/aromatic N) is 2. The van der Waals surface area contributed by atoms with Gasteiger partial charge in [0, 0.05) is 39.4 Å². The molecule has 198 valence electrons. The van der Waals surface area contributed by atoms with Crippen LogP contribution in [0.25, 0.3) is 0 Å². The van der Waals surface area contributed by atoms with Crippen molar-refractivity contribution in [2.75, 3.05) is 20.4 Å². The van der Waals surface area contributed by atoms with E-state index >= 15 is 0 Å². The van der Waals surface area contributed by atoms with Gasteiger partial charge >= 0.3 is 12.4 Å². The number of hydrogen-bond acceptors (Lipinski definition) is 4. The van der Waals surface area contributed by atoms with Gasteiger partial charge in [0.05, 0.1) is 11.1 Å². The standard InChI is InChI=1S/C29H20F6N4/c30-28(31,32)16-13-17(29(33,34)35)15-18(14-16)36-25-20-8-2-5-11-23(20)39-26-21-9-3-6-12-24(21)38(25)27(39)19-7-1-4-10-22(19)37-26/h1-15,25-27,36-37H/t25-,26+,27-/m0/s1. The summed E-state index contributed by atoms with van der Waals surface area (Å²) in [7, 11) is 0. The molecule has 0 amide bonds. The maximum absolute atomic E-state index is 13.7. The molecule has 0 saturated heterocycles. The molecule has 3 aliphatic rings. The van der Waals surface area contributed by atoms with E-state index in [4.69, 9.17) is 0 Å². The molecule has 3 aliphatic heterocycles. The van der Waals surface area contributed by atoms with Gasteiger partial charge in [-0.05, 0) is 36.4 Å². The van der Waals surface area contributed by atoms with Gasteiger partial charge in [-0.3, -0.25) is 0 Å². The second-order valence-corrected chi connectivity index (χ2v) is 9.78. The second kappa shape index (κ2) is 8.08. The lowest BCUT2D eigenvalue weighted by Crippen LogP contribution is -2.58. The average molecular weight is 538 g/mol. The first-order chi connectivity index (χ1) is 18.6. The molecule has 0 fully saturated rings. The Kier molecular flexibility index (Phi) is 4.92. The van der Waals surface area contributed by atoms with Crippen molar-refractivity contribution in [2.24, 2.45) is 0 Å². The normalized spacial score (nSPS) is 20.9. The van der Waals surface area contributed by atoms with E-state index in [-0.39, 0.29) is 24.1 Å². The Hall–Kier alpha value is -4.34. The van der Waals surface area contributed by atoms with Crippen LogP contribution in [0.4, 0.5) is 49.1 Å². The van der Waals surface area contributed by atoms with Crippen molar-refractivity contribution in [1.82, 2.24) is 0 Å². The summed E-state index contributed by atoms with van der Waals surface area (Å²) in [6.45, 7) is 0. The van der Waals surface area contributed by atoms with Gasteiger partial charge < -0.3 is 20.4 Å². The second-order valence-electron chi connectivity index (χ2n) is 9.78. The number of nitrogens with one attached hydrogen (secondary N) is 2. The Labute approximate surface area is 219 Å².